The Kier molecular flexibility index (Phi) is 7.00. The van der Waals surface area contributed by atoms with E-state index in [1.54, 1.807) is 6.07 Å². The third-order valence-corrected chi connectivity index (χ3v) is 4.75. The van der Waals surface area contributed by atoms with Crippen LogP contribution in [-0.4, -0.2) is 69.1 Å². The van der Waals surface area contributed by atoms with Gasteiger partial charge in [0.15, 0.2) is 5.96 Å². The van der Waals surface area contributed by atoms with E-state index in [0.29, 0.717) is 18.7 Å². The monoisotopic (exact) mass is 483 g/mol. The van der Waals surface area contributed by atoms with Crippen LogP contribution in [0.1, 0.15) is 11.1 Å². The topological polar surface area (TPSA) is 34.1 Å². The van der Waals surface area contributed by atoms with E-state index >= 15 is 0 Å². The summed E-state index contributed by atoms with van der Waals surface area (Å²) in [6, 6.07) is 4.04. The molecule has 146 valence electrons. The van der Waals surface area contributed by atoms with Crippen molar-refractivity contribution < 1.29 is 13.2 Å². The van der Waals surface area contributed by atoms with Crippen molar-refractivity contribution in [2.45, 2.75) is 12.7 Å². The molecule has 0 spiro atoms. The highest BCUT2D eigenvalue weighted by Crippen LogP contribution is 2.33. The smallest absolute Gasteiger partial charge is 0.369 e. The van der Waals surface area contributed by atoms with Crippen LogP contribution >= 0.6 is 24.0 Å². The Labute approximate surface area is 169 Å². The first-order valence-electron chi connectivity index (χ1n) is 8.47. The van der Waals surface area contributed by atoms with Crippen molar-refractivity contribution >= 4 is 35.6 Å². The second-order valence-electron chi connectivity index (χ2n) is 6.61. The van der Waals surface area contributed by atoms with Gasteiger partial charge in [-0.15, -0.1) is 24.0 Å². The summed E-state index contributed by atoms with van der Waals surface area (Å²) >= 11 is 0. The van der Waals surface area contributed by atoms with Gasteiger partial charge in [0.2, 0.25) is 0 Å². The maximum atomic E-state index is 13.1. The zero-order chi connectivity index (χ0) is 18.0. The number of aliphatic imine (C=N–C) groups is 1. The molecule has 9 heteroatoms. The summed E-state index contributed by atoms with van der Waals surface area (Å²) in [5.74, 6) is 0.738. The maximum Gasteiger partial charge on any atom is 0.416 e. The first-order valence-corrected chi connectivity index (χ1v) is 8.47. The SMILES string of the molecule is CN1CCN(c2ccc(C(F)(F)F)cc2CNC2=NCCN2C)CC1.I. The molecule has 0 saturated carbocycles. The molecule has 0 bridgehead atoms. The molecule has 2 aliphatic heterocycles. The fourth-order valence-corrected chi connectivity index (χ4v) is 3.16. The number of anilines is 1. The van der Waals surface area contributed by atoms with Crippen molar-refractivity contribution in [1.82, 2.24) is 15.1 Å². The minimum Gasteiger partial charge on any atom is -0.369 e. The third kappa shape index (κ3) is 4.93. The molecule has 1 aromatic carbocycles. The Morgan fingerprint density at radius 1 is 1.08 bits per heavy atom. The van der Waals surface area contributed by atoms with Crippen LogP contribution in [0, 0.1) is 0 Å². The van der Waals surface area contributed by atoms with Crippen LogP contribution in [-0.2, 0) is 12.7 Å². The van der Waals surface area contributed by atoms with Crippen LogP contribution in [0.25, 0.3) is 0 Å². The molecule has 3 rings (SSSR count). The highest BCUT2D eigenvalue weighted by Gasteiger charge is 2.31. The van der Waals surface area contributed by atoms with E-state index in [4.69, 9.17) is 0 Å². The minimum absolute atomic E-state index is 0. The minimum atomic E-state index is -4.34. The van der Waals surface area contributed by atoms with Crippen LogP contribution in [0.4, 0.5) is 18.9 Å². The van der Waals surface area contributed by atoms with E-state index in [1.807, 2.05) is 11.9 Å². The lowest BCUT2D eigenvalue weighted by Crippen LogP contribution is -2.45. The molecule has 0 radical (unpaired) electrons. The molecular weight excluding hydrogens is 458 g/mol. The number of rotatable bonds is 3. The molecular formula is C17H25F3IN5. The van der Waals surface area contributed by atoms with Gasteiger partial charge in [0, 0.05) is 52.0 Å². The molecule has 1 aromatic rings. The molecule has 2 heterocycles. The summed E-state index contributed by atoms with van der Waals surface area (Å²) in [7, 11) is 3.98. The number of hydrogen-bond acceptors (Lipinski definition) is 5. The molecule has 1 saturated heterocycles. The number of halogens is 4. The average Bonchev–Trinajstić information content (AvgIpc) is 2.98. The largest absolute Gasteiger partial charge is 0.416 e. The molecule has 0 atom stereocenters. The lowest BCUT2D eigenvalue weighted by atomic mass is 10.1. The van der Waals surface area contributed by atoms with Crippen molar-refractivity contribution in [1.29, 1.82) is 0 Å². The van der Waals surface area contributed by atoms with Crippen molar-refractivity contribution in [2.24, 2.45) is 4.99 Å². The summed E-state index contributed by atoms with van der Waals surface area (Å²) in [5.41, 5.74) is 0.918. The molecule has 0 amide bonds. The first kappa shape index (κ1) is 21.1. The quantitative estimate of drug-likeness (QED) is 0.671. The van der Waals surface area contributed by atoms with Gasteiger partial charge in [0.1, 0.15) is 0 Å². The zero-order valence-electron chi connectivity index (χ0n) is 15.0. The van der Waals surface area contributed by atoms with E-state index < -0.39 is 11.7 Å². The standard InChI is InChI=1S/C17H24F3N5.HI/c1-23-7-9-25(10-8-23)15-4-3-14(17(18,19)20)11-13(15)12-22-16-21-5-6-24(16)2;/h3-4,11H,5-10,12H2,1-2H3,(H,21,22);1H. The van der Waals surface area contributed by atoms with Gasteiger partial charge in [0.05, 0.1) is 12.1 Å². The highest BCUT2D eigenvalue weighted by molar-refractivity contribution is 14.0. The number of alkyl halides is 3. The van der Waals surface area contributed by atoms with Gasteiger partial charge < -0.3 is 20.0 Å². The van der Waals surface area contributed by atoms with Crippen LogP contribution in [0.2, 0.25) is 0 Å². The van der Waals surface area contributed by atoms with Crippen LogP contribution in [0.5, 0.6) is 0 Å². The molecule has 0 aliphatic carbocycles. The van der Waals surface area contributed by atoms with Crippen molar-refractivity contribution in [3.05, 3.63) is 29.3 Å². The Hall–Kier alpha value is -1.23. The molecule has 0 unspecified atom stereocenters. The van der Waals surface area contributed by atoms with Gasteiger partial charge in [-0.25, -0.2) is 0 Å². The summed E-state index contributed by atoms with van der Waals surface area (Å²) < 4.78 is 39.4. The van der Waals surface area contributed by atoms with Crippen LogP contribution < -0.4 is 10.2 Å². The second kappa shape index (κ2) is 8.64. The fraction of sp³-hybridized carbons (Fsp3) is 0.588. The predicted octanol–water partition coefficient (Wildman–Crippen LogP) is 2.47. The lowest BCUT2D eigenvalue weighted by Gasteiger charge is -2.35. The van der Waals surface area contributed by atoms with Crippen LogP contribution in [0.3, 0.4) is 0 Å². The van der Waals surface area contributed by atoms with Gasteiger partial charge in [-0.2, -0.15) is 13.2 Å². The Bertz CT molecular complexity index is 642. The summed E-state index contributed by atoms with van der Waals surface area (Å²) in [6.45, 7) is 5.32. The average molecular weight is 483 g/mol. The number of benzene rings is 1. The molecule has 2 aliphatic rings. The zero-order valence-corrected chi connectivity index (χ0v) is 17.3. The number of hydrogen-bond donors (Lipinski definition) is 1. The molecule has 0 aromatic heterocycles. The third-order valence-electron chi connectivity index (χ3n) is 4.75. The Balaban J connectivity index is 0.00000243. The maximum absolute atomic E-state index is 13.1. The number of likely N-dealkylation sites (N-methyl/N-ethyl adjacent to an activating group) is 2. The number of piperazine rings is 1. The highest BCUT2D eigenvalue weighted by atomic mass is 127. The molecule has 1 N–H and O–H groups in total. The van der Waals surface area contributed by atoms with Gasteiger partial charge in [-0.1, -0.05) is 0 Å². The van der Waals surface area contributed by atoms with E-state index in [1.165, 1.54) is 12.1 Å². The van der Waals surface area contributed by atoms with Gasteiger partial charge in [-0.05, 0) is 30.8 Å². The summed E-state index contributed by atoms with van der Waals surface area (Å²) in [4.78, 5) is 10.7. The van der Waals surface area contributed by atoms with E-state index in [0.717, 1.165) is 44.4 Å². The van der Waals surface area contributed by atoms with Gasteiger partial charge in [-0.3, -0.25) is 4.99 Å². The normalized spacial score (nSPS) is 18.6. The number of guanidine groups is 1. The Morgan fingerprint density at radius 2 is 1.77 bits per heavy atom. The van der Waals surface area contributed by atoms with E-state index in [9.17, 15) is 13.2 Å². The van der Waals surface area contributed by atoms with Crippen LogP contribution in [0.15, 0.2) is 23.2 Å². The fourth-order valence-electron chi connectivity index (χ4n) is 3.16. The van der Waals surface area contributed by atoms with E-state index in [-0.39, 0.29) is 24.0 Å². The van der Waals surface area contributed by atoms with E-state index in [2.05, 4.69) is 27.2 Å². The summed E-state index contributed by atoms with van der Waals surface area (Å²) in [5, 5.41) is 3.19. The molecule has 5 nitrogen and oxygen atoms in total. The second-order valence-corrected chi connectivity index (χ2v) is 6.61. The lowest BCUT2D eigenvalue weighted by molar-refractivity contribution is -0.137. The van der Waals surface area contributed by atoms with Gasteiger partial charge >= 0.3 is 6.18 Å². The van der Waals surface area contributed by atoms with Crippen molar-refractivity contribution in [3.8, 4) is 0 Å². The first-order chi connectivity index (χ1) is 11.8. The molecule has 26 heavy (non-hydrogen) atoms. The number of nitrogens with zero attached hydrogens (tertiary/aromatic N) is 4. The van der Waals surface area contributed by atoms with Crippen molar-refractivity contribution in [3.63, 3.8) is 0 Å². The summed E-state index contributed by atoms with van der Waals surface area (Å²) in [6.07, 6.45) is -4.34. The number of nitrogens with one attached hydrogen (secondary N) is 1. The molecule has 1 fully saturated rings. The van der Waals surface area contributed by atoms with Crippen molar-refractivity contribution in [2.75, 3.05) is 58.3 Å². The predicted molar refractivity (Wildman–Crippen MR) is 108 cm³/mol. The Morgan fingerprint density at radius 3 is 2.35 bits per heavy atom. The van der Waals surface area contributed by atoms with Gasteiger partial charge in [0.25, 0.3) is 0 Å².